The summed E-state index contributed by atoms with van der Waals surface area (Å²) < 4.78 is 25.6. The van der Waals surface area contributed by atoms with Gasteiger partial charge in [-0.2, -0.15) is 0 Å². The van der Waals surface area contributed by atoms with Crippen molar-refractivity contribution in [3.8, 4) is 0 Å². The summed E-state index contributed by atoms with van der Waals surface area (Å²) in [4.78, 5) is 15.1. The van der Waals surface area contributed by atoms with Gasteiger partial charge in [-0.05, 0) is 61.6 Å². The lowest BCUT2D eigenvalue weighted by Gasteiger charge is -2.22. The summed E-state index contributed by atoms with van der Waals surface area (Å²) in [6.45, 7) is 4.47. The standard InChI is InChI=1S/C22H27N3O3S/c1-16-13-19-14-17(9-10-21(19)25(16)29(2,27)28)22(26)23-15-18-7-3-4-8-20(18)24-11-5-6-12-24/h3-4,7-10,14,16H,5-6,11-13,15H2,1-2H3,(H,23,26). The highest BCUT2D eigenvalue weighted by molar-refractivity contribution is 7.92. The smallest absolute Gasteiger partial charge is 0.251 e. The molecule has 6 nitrogen and oxygen atoms in total. The van der Waals surface area contributed by atoms with E-state index >= 15 is 0 Å². The first-order valence-electron chi connectivity index (χ1n) is 10.1. The van der Waals surface area contributed by atoms with Crippen molar-refractivity contribution in [1.29, 1.82) is 0 Å². The molecule has 29 heavy (non-hydrogen) atoms. The minimum atomic E-state index is -3.33. The Balaban J connectivity index is 1.49. The molecule has 0 radical (unpaired) electrons. The van der Waals surface area contributed by atoms with Crippen LogP contribution in [-0.4, -0.2) is 39.7 Å². The lowest BCUT2D eigenvalue weighted by atomic mass is 10.1. The van der Waals surface area contributed by atoms with Crippen LogP contribution in [0.25, 0.3) is 0 Å². The van der Waals surface area contributed by atoms with Gasteiger partial charge in [0, 0.05) is 36.9 Å². The topological polar surface area (TPSA) is 69.7 Å². The average Bonchev–Trinajstić information content (AvgIpc) is 3.32. The van der Waals surface area contributed by atoms with Crippen molar-refractivity contribution >= 4 is 27.3 Å². The maximum atomic E-state index is 12.8. The van der Waals surface area contributed by atoms with E-state index < -0.39 is 10.0 Å². The van der Waals surface area contributed by atoms with Gasteiger partial charge < -0.3 is 10.2 Å². The molecule has 2 aliphatic heterocycles. The van der Waals surface area contributed by atoms with Crippen molar-refractivity contribution in [3.05, 3.63) is 59.2 Å². The van der Waals surface area contributed by atoms with Gasteiger partial charge in [-0.3, -0.25) is 9.10 Å². The van der Waals surface area contributed by atoms with Gasteiger partial charge >= 0.3 is 0 Å². The number of benzene rings is 2. The molecule has 4 rings (SSSR count). The summed E-state index contributed by atoms with van der Waals surface area (Å²) in [7, 11) is -3.33. The summed E-state index contributed by atoms with van der Waals surface area (Å²) in [6, 6.07) is 13.3. The summed E-state index contributed by atoms with van der Waals surface area (Å²) in [5.41, 5.74) is 4.44. The van der Waals surface area contributed by atoms with Gasteiger partial charge in [-0.1, -0.05) is 18.2 Å². The van der Waals surface area contributed by atoms with Crippen molar-refractivity contribution in [2.45, 2.75) is 38.8 Å². The van der Waals surface area contributed by atoms with E-state index in [1.807, 2.05) is 25.1 Å². The Morgan fingerprint density at radius 1 is 1.10 bits per heavy atom. The van der Waals surface area contributed by atoms with Gasteiger partial charge in [-0.15, -0.1) is 0 Å². The van der Waals surface area contributed by atoms with E-state index in [0.717, 1.165) is 24.2 Å². The minimum Gasteiger partial charge on any atom is -0.371 e. The molecule has 2 aromatic rings. The van der Waals surface area contributed by atoms with Gasteiger partial charge in [0.15, 0.2) is 0 Å². The molecule has 0 bridgehead atoms. The van der Waals surface area contributed by atoms with Gasteiger partial charge in [0.05, 0.1) is 11.9 Å². The number of anilines is 2. The average molecular weight is 414 g/mol. The van der Waals surface area contributed by atoms with E-state index in [2.05, 4.69) is 22.3 Å². The molecule has 2 aliphatic rings. The second-order valence-corrected chi connectivity index (χ2v) is 9.82. The number of hydrogen-bond donors (Lipinski definition) is 1. The van der Waals surface area contributed by atoms with Gasteiger partial charge in [0.2, 0.25) is 10.0 Å². The number of para-hydroxylation sites is 1. The number of nitrogens with zero attached hydrogens (tertiary/aromatic N) is 2. The number of hydrogen-bond acceptors (Lipinski definition) is 4. The number of carbonyl (C=O) groups excluding carboxylic acids is 1. The Bertz CT molecular complexity index is 1030. The third-order valence-corrected chi connectivity index (χ3v) is 7.00. The van der Waals surface area contributed by atoms with Crippen LogP contribution in [0.5, 0.6) is 0 Å². The zero-order chi connectivity index (χ0) is 20.6. The molecule has 0 aliphatic carbocycles. The van der Waals surface area contributed by atoms with E-state index in [1.54, 1.807) is 12.1 Å². The van der Waals surface area contributed by atoms with Crippen molar-refractivity contribution in [2.24, 2.45) is 0 Å². The lowest BCUT2D eigenvalue weighted by molar-refractivity contribution is 0.0951. The molecule has 1 amide bonds. The molecule has 0 spiro atoms. The summed E-state index contributed by atoms with van der Waals surface area (Å²) in [6.07, 6.45) is 4.25. The fraction of sp³-hybridized carbons (Fsp3) is 0.409. The van der Waals surface area contributed by atoms with Crippen LogP contribution < -0.4 is 14.5 Å². The first-order chi connectivity index (χ1) is 13.8. The van der Waals surface area contributed by atoms with E-state index in [4.69, 9.17) is 0 Å². The zero-order valence-electron chi connectivity index (χ0n) is 16.9. The quantitative estimate of drug-likeness (QED) is 0.818. The van der Waals surface area contributed by atoms with Crippen LogP contribution in [0.2, 0.25) is 0 Å². The third-order valence-electron chi connectivity index (χ3n) is 5.73. The monoisotopic (exact) mass is 413 g/mol. The van der Waals surface area contributed by atoms with Crippen LogP contribution in [0.3, 0.4) is 0 Å². The van der Waals surface area contributed by atoms with E-state index in [1.165, 1.54) is 29.1 Å². The summed E-state index contributed by atoms with van der Waals surface area (Å²) in [5.74, 6) is -0.144. The predicted molar refractivity (Wildman–Crippen MR) is 116 cm³/mol. The summed E-state index contributed by atoms with van der Waals surface area (Å²) >= 11 is 0. The molecule has 0 saturated carbocycles. The number of carbonyl (C=O) groups is 1. The highest BCUT2D eigenvalue weighted by Gasteiger charge is 2.32. The van der Waals surface area contributed by atoms with E-state index in [9.17, 15) is 13.2 Å². The fourth-order valence-corrected chi connectivity index (χ4v) is 5.72. The van der Waals surface area contributed by atoms with Gasteiger partial charge in [-0.25, -0.2) is 8.42 Å². The van der Waals surface area contributed by atoms with Crippen LogP contribution in [0.15, 0.2) is 42.5 Å². The Hall–Kier alpha value is -2.54. The number of rotatable bonds is 5. The SMILES string of the molecule is CC1Cc2cc(C(=O)NCc3ccccc3N3CCCC3)ccc2N1S(C)(=O)=O. The molecule has 1 N–H and O–H groups in total. The largest absolute Gasteiger partial charge is 0.371 e. The molecule has 0 aromatic heterocycles. The zero-order valence-corrected chi connectivity index (χ0v) is 17.7. The van der Waals surface area contributed by atoms with Crippen LogP contribution in [-0.2, 0) is 23.0 Å². The van der Waals surface area contributed by atoms with Crippen LogP contribution >= 0.6 is 0 Å². The number of sulfonamides is 1. The van der Waals surface area contributed by atoms with Gasteiger partial charge in [0.1, 0.15) is 0 Å². The van der Waals surface area contributed by atoms with Crippen LogP contribution in [0, 0.1) is 0 Å². The highest BCUT2D eigenvalue weighted by atomic mass is 32.2. The van der Waals surface area contributed by atoms with Crippen molar-refractivity contribution in [2.75, 3.05) is 28.6 Å². The Morgan fingerprint density at radius 3 is 2.55 bits per heavy atom. The molecule has 1 unspecified atom stereocenters. The molecule has 1 saturated heterocycles. The predicted octanol–water partition coefficient (Wildman–Crippen LogP) is 2.93. The Labute approximate surface area is 172 Å². The maximum Gasteiger partial charge on any atom is 0.251 e. The van der Waals surface area contributed by atoms with Crippen LogP contribution in [0.1, 0.15) is 41.3 Å². The lowest BCUT2D eigenvalue weighted by Crippen LogP contribution is -2.34. The summed E-state index contributed by atoms with van der Waals surface area (Å²) in [5, 5.41) is 3.03. The number of fused-ring (bicyclic) bond motifs is 1. The Kier molecular flexibility index (Phi) is 5.25. The number of amides is 1. The highest BCUT2D eigenvalue weighted by Crippen LogP contribution is 2.34. The van der Waals surface area contributed by atoms with Crippen LogP contribution in [0.4, 0.5) is 11.4 Å². The second kappa shape index (κ2) is 7.71. The fourth-order valence-electron chi connectivity index (χ4n) is 4.45. The first-order valence-corrected chi connectivity index (χ1v) is 11.9. The van der Waals surface area contributed by atoms with Crippen molar-refractivity contribution in [1.82, 2.24) is 5.32 Å². The van der Waals surface area contributed by atoms with Crippen molar-refractivity contribution < 1.29 is 13.2 Å². The number of nitrogens with one attached hydrogen (secondary N) is 1. The first kappa shape index (κ1) is 19.8. The molecule has 2 aromatic carbocycles. The molecule has 7 heteroatoms. The molecular weight excluding hydrogens is 386 g/mol. The van der Waals surface area contributed by atoms with Gasteiger partial charge in [0.25, 0.3) is 5.91 Å². The molecule has 1 fully saturated rings. The van der Waals surface area contributed by atoms with E-state index in [0.29, 0.717) is 24.2 Å². The van der Waals surface area contributed by atoms with E-state index in [-0.39, 0.29) is 11.9 Å². The molecule has 154 valence electrons. The third kappa shape index (κ3) is 3.96. The Morgan fingerprint density at radius 2 is 1.83 bits per heavy atom. The molecule has 2 heterocycles. The maximum absolute atomic E-state index is 12.8. The minimum absolute atomic E-state index is 0.134. The normalized spacial score (nSPS) is 18.8. The second-order valence-electron chi connectivity index (χ2n) is 7.96. The molecule has 1 atom stereocenters. The van der Waals surface area contributed by atoms with Crippen molar-refractivity contribution in [3.63, 3.8) is 0 Å². The molecular formula is C22H27N3O3S.